The Morgan fingerprint density at radius 1 is 1.22 bits per heavy atom. The molecule has 0 aromatic heterocycles. The summed E-state index contributed by atoms with van der Waals surface area (Å²) in [5, 5.41) is 3.39. The summed E-state index contributed by atoms with van der Waals surface area (Å²) >= 11 is 0. The van der Waals surface area contributed by atoms with E-state index in [0.29, 0.717) is 6.54 Å². The molecule has 6 nitrogen and oxygen atoms in total. The number of likely N-dealkylation sites (N-methyl/N-ethyl adjacent to an activating group) is 2. The summed E-state index contributed by atoms with van der Waals surface area (Å²) in [4.78, 5) is 9.24. The molecule has 0 amide bonds. The van der Waals surface area contributed by atoms with Gasteiger partial charge in [0.25, 0.3) is 0 Å². The first-order chi connectivity index (χ1) is 13.0. The molecule has 0 aliphatic heterocycles. The van der Waals surface area contributed by atoms with Crippen LogP contribution in [0.3, 0.4) is 0 Å². The monoisotopic (exact) mass is 376 g/mol. The number of nitrogens with one attached hydrogen (secondary N) is 1. The Bertz CT molecular complexity index is 570. The Morgan fingerprint density at radius 3 is 2.48 bits per heavy atom. The molecule has 1 aromatic rings. The van der Waals surface area contributed by atoms with Crippen LogP contribution in [0.5, 0.6) is 5.75 Å². The number of rotatable bonds is 11. The third-order valence-electron chi connectivity index (χ3n) is 4.86. The fraction of sp³-hybridized carbons (Fsp3) is 0.667. The predicted molar refractivity (Wildman–Crippen MR) is 112 cm³/mol. The van der Waals surface area contributed by atoms with Crippen molar-refractivity contribution in [2.45, 2.75) is 25.8 Å². The summed E-state index contributed by atoms with van der Waals surface area (Å²) in [5.74, 6) is 2.61. The molecule has 0 saturated heterocycles. The highest BCUT2D eigenvalue weighted by Gasteiger charge is 2.21. The van der Waals surface area contributed by atoms with E-state index in [1.165, 1.54) is 18.4 Å². The van der Waals surface area contributed by atoms with Gasteiger partial charge in [-0.3, -0.25) is 4.99 Å². The van der Waals surface area contributed by atoms with Crippen molar-refractivity contribution in [3.8, 4) is 5.75 Å². The van der Waals surface area contributed by atoms with Crippen LogP contribution < -0.4 is 10.1 Å². The molecule has 152 valence electrons. The Kier molecular flexibility index (Phi) is 8.88. The highest BCUT2D eigenvalue weighted by molar-refractivity contribution is 5.79. The highest BCUT2D eigenvalue weighted by atomic mass is 16.5. The number of benzene rings is 1. The van der Waals surface area contributed by atoms with Crippen LogP contribution in [0.15, 0.2) is 29.3 Å². The van der Waals surface area contributed by atoms with E-state index in [9.17, 15) is 0 Å². The number of nitrogens with zero attached hydrogens (tertiary/aromatic N) is 3. The van der Waals surface area contributed by atoms with Gasteiger partial charge < -0.3 is 24.6 Å². The average Bonchev–Trinajstić information content (AvgIpc) is 3.49. The maximum Gasteiger partial charge on any atom is 0.193 e. The third kappa shape index (κ3) is 7.39. The zero-order valence-electron chi connectivity index (χ0n) is 17.6. The Labute approximate surface area is 164 Å². The topological polar surface area (TPSA) is 49.3 Å². The lowest BCUT2D eigenvalue weighted by Crippen LogP contribution is -2.41. The molecule has 6 heteroatoms. The average molecular weight is 377 g/mol. The first-order valence-electron chi connectivity index (χ1n) is 9.92. The molecule has 1 fully saturated rings. The van der Waals surface area contributed by atoms with Crippen LogP contribution >= 0.6 is 0 Å². The van der Waals surface area contributed by atoms with Crippen molar-refractivity contribution < 1.29 is 9.47 Å². The van der Waals surface area contributed by atoms with Crippen molar-refractivity contribution in [3.05, 3.63) is 29.8 Å². The summed E-state index contributed by atoms with van der Waals surface area (Å²) < 4.78 is 11.0. The molecule has 0 heterocycles. The molecule has 1 N–H and O–H groups in total. The van der Waals surface area contributed by atoms with Crippen LogP contribution in [0.4, 0.5) is 0 Å². The maximum atomic E-state index is 5.77. The molecule has 1 aliphatic rings. The first kappa shape index (κ1) is 21.5. The van der Waals surface area contributed by atoms with Crippen LogP contribution in [0.2, 0.25) is 0 Å². The van der Waals surface area contributed by atoms with E-state index in [-0.39, 0.29) is 6.04 Å². The molecule has 0 radical (unpaired) electrons. The standard InChI is InChI=1S/C21H36N4O2/c1-6-22-21(25(4)13-14-27-16-17-7-8-17)23-15-20(24(2)3)18-9-11-19(26-5)12-10-18/h9-12,17,20H,6-8,13-16H2,1-5H3,(H,22,23). The molecular weight excluding hydrogens is 340 g/mol. The molecule has 1 atom stereocenters. The molecule has 27 heavy (non-hydrogen) atoms. The van der Waals surface area contributed by atoms with Gasteiger partial charge in [-0.2, -0.15) is 0 Å². The highest BCUT2D eigenvalue weighted by Crippen LogP contribution is 2.28. The zero-order chi connectivity index (χ0) is 19.6. The molecule has 1 unspecified atom stereocenters. The van der Waals surface area contributed by atoms with Gasteiger partial charge in [-0.15, -0.1) is 0 Å². The Hall–Kier alpha value is -1.79. The summed E-state index contributed by atoms with van der Waals surface area (Å²) in [6.07, 6.45) is 2.66. The SMILES string of the molecule is CCNC(=NCC(c1ccc(OC)cc1)N(C)C)N(C)CCOCC1CC1. The number of hydrogen-bond donors (Lipinski definition) is 1. The van der Waals surface area contributed by atoms with Crippen LogP contribution in [0.25, 0.3) is 0 Å². The van der Waals surface area contributed by atoms with E-state index in [1.807, 2.05) is 12.1 Å². The quantitative estimate of drug-likeness (QED) is 0.365. The zero-order valence-corrected chi connectivity index (χ0v) is 17.6. The third-order valence-corrected chi connectivity index (χ3v) is 4.86. The smallest absolute Gasteiger partial charge is 0.193 e. The van der Waals surface area contributed by atoms with Gasteiger partial charge in [0.05, 0.1) is 26.3 Å². The van der Waals surface area contributed by atoms with E-state index in [0.717, 1.165) is 43.9 Å². The van der Waals surface area contributed by atoms with Crippen molar-refractivity contribution in [3.63, 3.8) is 0 Å². The normalized spacial score (nSPS) is 15.7. The molecule has 1 saturated carbocycles. The van der Waals surface area contributed by atoms with E-state index >= 15 is 0 Å². The summed E-state index contributed by atoms with van der Waals surface area (Å²) in [5.41, 5.74) is 1.23. The van der Waals surface area contributed by atoms with Crippen molar-refractivity contribution in [1.82, 2.24) is 15.1 Å². The summed E-state index contributed by atoms with van der Waals surface area (Å²) in [6, 6.07) is 8.45. The molecule has 1 aromatic carbocycles. The van der Waals surface area contributed by atoms with E-state index in [1.54, 1.807) is 7.11 Å². The summed E-state index contributed by atoms with van der Waals surface area (Å²) in [6.45, 7) is 6.12. The molecule has 1 aliphatic carbocycles. The number of guanidine groups is 1. The number of ether oxygens (including phenoxy) is 2. The second-order valence-electron chi connectivity index (χ2n) is 7.39. The van der Waals surface area contributed by atoms with Crippen molar-refractivity contribution >= 4 is 5.96 Å². The first-order valence-corrected chi connectivity index (χ1v) is 9.92. The largest absolute Gasteiger partial charge is 0.497 e. The lowest BCUT2D eigenvalue weighted by atomic mass is 10.1. The van der Waals surface area contributed by atoms with Gasteiger partial charge in [-0.1, -0.05) is 12.1 Å². The van der Waals surface area contributed by atoms with Crippen molar-refractivity contribution in [2.24, 2.45) is 10.9 Å². The second kappa shape index (κ2) is 11.1. The van der Waals surface area contributed by atoms with Crippen LogP contribution in [0.1, 0.15) is 31.4 Å². The van der Waals surface area contributed by atoms with Crippen molar-refractivity contribution in [1.29, 1.82) is 0 Å². The van der Waals surface area contributed by atoms with Crippen LogP contribution in [-0.2, 0) is 4.74 Å². The fourth-order valence-electron chi connectivity index (χ4n) is 2.88. The minimum Gasteiger partial charge on any atom is -0.497 e. The van der Waals surface area contributed by atoms with Gasteiger partial charge in [0, 0.05) is 26.7 Å². The van der Waals surface area contributed by atoms with E-state index < -0.39 is 0 Å². The van der Waals surface area contributed by atoms with E-state index in [2.05, 4.69) is 55.3 Å². The van der Waals surface area contributed by atoms with Gasteiger partial charge in [0.2, 0.25) is 0 Å². The van der Waals surface area contributed by atoms with Gasteiger partial charge >= 0.3 is 0 Å². The number of hydrogen-bond acceptors (Lipinski definition) is 4. The maximum absolute atomic E-state index is 5.77. The minimum atomic E-state index is 0.212. The van der Waals surface area contributed by atoms with Crippen LogP contribution in [-0.4, -0.2) is 76.9 Å². The molecule has 2 rings (SSSR count). The van der Waals surface area contributed by atoms with Gasteiger partial charge in [-0.25, -0.2) is 0 Å². The minimum absolute atomic E-state index is 0.212. The molecule has 0 spiro atoms. The lowest BCUT2D eigenvalue weighted by Gasteiger charge is -2.26. The molecule has 0 bridgehead atoms. The number of aliphatic imine (C=N–C) groups is 1. The predicted octanol–water partition coefficient (Wildman–Crippen LogP) is 2.62. The Balaban J connectivity index is 1.95. The number of methoxy groups -OCH3 is 1. The second-order valence-corrected chi connectivity index (χ2v) is 7.39. The van der Waals surface area contributed by atoms with Crippen molar-refractivity contribution in [2.75, 3.05) is 61.1 Å². The van der Waals surface area contributed by atoms with E-state index in [4.69, 9.17) is 14.5 Å². The summed E-state index contributed by atoms with van der Waals surface area (Å²) in [7, 11) is 7.94. The van der Waals surface area contributed by atoms with Gasteiger partial charge in [0.1, 0.15) is 5.75 Å². The van der Waals surface area contributed by atoms with Crippen LogP contribution in [0, 0.1) is 5.92 Å². The lowest BCUT2D eigenvalue weighted by molar-refractivity contribution is 0.115. The van der Waals surface area contributed by atoms with Gasteiger partial charge in [-0.05, 0) is 57.5 Å². The molecular formula is C21H36N4O2. The fourth-order valence-corrected chi connectivity index (χ4v) is 2.88. The Morgan fingerprint density at radius 2 is 1.93 bits per heavy atom. The van der Waals surface area contributed by atoms with Gasteiger partial charge in [0.15, 0.2) is 5.96 Å².